The molecule has 1 amide bonds. The Balaban J connectivity index is 2.61. The molecule has 2 aromatic carbocycles. The summed E-state index contributed by atoms with van der Waals surface area (Å²) in [6.07, 6.45) is 0. The van der Waals surface area contributed by atoms with Crippen molar-refractivity contribution in [2.75, 3.05) is 33.3 Å². The van der Waals surface area contributed by atoms with E-state index in [0.29, 0.717) is 34.4 Å². The number of hydrogen-bond acceptors (Lipinski definition) is 5. The van der Waals surface area contributed by atoms with Crippen LogP contribution in [0.15, 0.2) is 36.4 Å². The molecule has 0 N–H and O–H groups in total. The first-order valence-electron chi connectivity index (χ1n) is 6.99. The monoisotopic (exact) mass is 351 g/mol. The number of carbonyl (C=O) groups excluding carboxylic acids is 1. The van der Waals surface area contributed by atoms with Crippen molar-refractivity contribution in [1.82, 2.24) is 0 Å². The summed E-state index contributed by atoms with van der Waals surface area (Å²) in [5.74, 6) is 2.06. The van der Waals surface area contributed by atoms with E-state index >= 15 is 0 Å². The van der Waals surface area contributed by atoms with E-state index in [2.05, 4.69) is 0 Å². The Kier molecular flexibility index (Phi) is 5.76. The molecular formula is C17H18ClNO5. The lowest BCUT2D eigenvalue weighted by molar-refractivity contribution is 0.265. The smallest absolute Gasteiger partial charge is 0.325 e. The van der Waals surface area contributed by atoms with Crippen LogP contribution in [-0.2, 0) is 0 Å². The van der Waals surface area contributed by atoms with E-state index in [0.717, 1.165) is 0 Å². The third-order valence-electron chi connectivity index (χ3n) is 3.43. The summed E-state index contributed by atoms with van der Waals surface area (Å²) >= 11 is 5.83. The van der Waals surface area contributed by atoms with E-state index in [1.807, 2.05) is 0 Å². The van der Waals surface area contributed by atoms with Crippen molar-refractivity contribution in [2.45, 2.75) is 0 Å². The molecule has 0 atom stereocenters. The van der Waals surface area contributed by atoms with Crippen molar-refractivity contribution in [1.29, 1.82) is 0 Å². The molecule has 128 valence electrons. The van der Waals surface area contributed by atoms with Crippen LogP contribution in [0.1, 0.15) is 0 Å². The summed E-state index contributed by atoms with van der Waals surface area (Å²) in [6, 6.07) is 10.1. The first-order valence-corrected chi connectivity index (χ1v) is 7.37. The molecule has 0 aliphatic rings. The van der Waals surface area contributed by atoms with Crippen molar-refractivity contribution in [3.05, 3.63) is 36.4 Å². The molecule has 0 aliphatic carbocycles. The maximum atomic E-state index is 12.1. The number of ether oxygens (including phenoxy) is 4. The predicted molar refractivity (Wildman–Crippen MR) is 92.5 cm³/mol. The van der Waals surface area contributed by atoms with E-state index in [9.17, 15) is 4.79 Å². The van der Waals surface area contributed by atoms with Crippen LogP contribution in [0.4, 0.5) is 16.2 Å². The topological polar surface area (TPSA) is 57.2 Å². The van der Waals surface area contributed by atoms with Crippen LogP contribution in [0.3, 0.4) is 0 Å². The second kappa shape index (κ2) is 7.79. The van der Waals surface area contributed by atoms with Gasteiger partial charge in [-0.1, -0.05) is 0 Å². The second-order valence-electron chi connectivity index (χ2n) is 4.66. The molecule has 2 aromatic rings. The Hall–Kier alpha value is -2.60. The SMILES string of the molecule is COc1ccc(N(C(=O)Cl)c2ccc(OC)cc2OC)c(OC)c1. The number of anilines is 2. The molecule has 0 saturated heterocycles. The van der Waals surface area contributed by atoms with Crippen molar-refractivity contribution in [3.8, 4) is 23.0 Å². The van der Waals surface area contributed by atoms with Gasteiger partial charge in [0.25, 0.3) is 0 Å². The zero-order valence-corrected chi connectivity index (χ0v) is 14.6. The highest BCUT2D eigenvalue weighted by Gasteiger charge is 2.24. The fourth-order valence-electron chi connectivity index (χ4n) is 2.26. The first kappa shape index (κ1) is 17.7. The zero-order valence-electron chi connectivity index (χ0n) is 13.8. The lowest BCUT2D eigenvalue weighted by Gasteiger charge is -2.24. The van der Waals surface area contributed by atoms with Gasteiger partial charge in [0.1, 0.15) is 23.0 Å². The summed E-state index contributed by atoms with van der Waals surface area (Å²) < 4.78 is 21.1. The fraction of sp³-hybridized carbons (Fsp3) is 0.235. The van der Waals surface area contributed by atoms with Gasteiger partial charge in [0.15, 0.2) is 0 Å². The third-order valence-corrected chi connectivity index (χ3v) is 3.60. The first-order chi connectivity index (χ1) is 11.5. The van der Waals surface area contributed by atoms with Crippen molar-refractivity contribution < 1.29 is 23.7 Å². The lowest BCUT2D eigenvalue weighted by Crippen LogP contribution is -2.21. The van der Waals surface area contributed by atoms with Gasteiger partial charge in [-0.2, -0.15) is 0 Å². The van der Waals surface area contributed by atoms with Crippen LogP contribution in [0.5, 0.6) is 23.0 Å². The Morgan fingerprint density at radius 3 is 1.50 bits per heavy atom. The highest BCUT2D eigenvalue weighted by atomic mass is 35.5. The Morgan fingerprint density at radius 1 is 0.792 bits per heavy atom. The van der Waals surface area contributed by atoms with Crippen LogP contribution in [0.2, 0.25) is 0 Å². The highest BCUT2D eigenvalue weighted by molar-refractivity contribution is 6.67. The summed E-state index contributed by atoms with van der Waals surface area (Å²) in [5.41, 5.74) is 0.920. The third kappa shape index (κ3) is 3.49. The van der Waals surface area contributed by atoms with Crippen LogP contribution in [0.25, 0.3) is 0 Å². The van der Waals surface area contributed by atoms with E-state index in [1.165, 1.54) is 19.1 Å². The van der Waals surface area contributed by atoms with Crippen LogP contribution < -0.4 is 23.8 Å². The standard InChI is InChI=1S/C17H18ClNO5/c1-21-11-5-7-13(15(9-11)23-3)19(17(18)20)14-8-6-12(22-2)10-16(14)24-4/h5-10H,1-4H3. The molecule has 0 bridgehead atoms. The molecule has 0 saturated carbocycles. The van der Waals surface area contributed by atoms with Crippen LogP contribution in [-0.4, -0.2) is 33.8 Å². The van der Waals surface area contributed by atoms with Gasteiger partial charge in [-0.25, -0.2) is 0 Å². The maximum Gasteiger partial charge on any atom is 0.325 e. The van der Waals surface area contributed by atoms with Gasteiger partial charge >= 0.3 is 5.37 Å². The van der Waals surface area contributed by atoms with Crippen LogP contribution >= 0.6 is 11.6 Å². The van der Waals surface area contributed by atoms with Gasteiger partial charge in [-0.3, -0.25) is 9.69 Å². The number of hydrogen-bond donors (Lipinski definition) is 0. The number of carbonyl (C=O) groups is 1. The van der Waals surface area contributed by atoms with Gasteiger partial charge in [0, 0.05) is 12.1 Å². The van der Waals surface area contributed by atoms with E-state index in [-0.39, 0.29) is 0 Å². The quantitative estimate of drug-likeness (QED) is 0.576. The average molecular weight is 352 g/mol. The van der Waals surface area contributed by atoms with Gasteiger partial charge in [0.05, 0.1) is 39.8 Å². The predicted octanol–water partition coefficient (Wildman–Crippen LogP) is 4.22. The molecule has 7 heteroatoms. The van der Waals surface area contributed by atoms with Gasteiger partial charge in [-0.15, -0.1) is 0 Å². The van der Waals surface area contributed by atoms with E-state index < -0.39 is 5.37 Å². The maximum absolute atomic E-state index is 12.1. The molecule has 0 heterocycles. The Morgan fingerprint density at radius 2 is 1.21 bits per heavy atom. The summed E-state index contributed by atoms with van der Waals surface area (Å²) in [4.78, 5) is 13.4. The number of benzene rings is 2. The van der Waals surface area contributed by atoms with Crippen molar-refractivity contribution in [3.63, 3.8) is 0 Å². The number of halogens is 1. The number of nitrogens with zero attached hydrogens (tertiary/aromatic N) is 1. The fourth-order valence-corrected chi connectivity index (χ4v) is 2.44. The molecule has 0 radical (unpaired) electrons. The van der Waals surface area contributed by atoms with Crippen LogP contribution in [0, 0.1) is 0 Å². The number of rotatable bonds is 6. The molecule has 24 heavy (non-hydrogen) atoms. The summed E-state index contributed by atoms with van der Waals surface area (Å²) in [6.45, 7) is 0. The molecule has 6 nitrogen and oxygen atoms in total. The van der Waals surface area contributed by atoms with Crippen molar-refractivity contribution >= 4 is 28.3 Å². The molecule has 0 fully saturated rings. The van der Waals surface area contributed by atoms with Gasteiger partial charge in [-0.05, 0) is 35.9 Å². The summed E-state index contributed by atoms with van der Waals surface area (Å²) in [7, 11) is 6.09. The van der Waals surface area contributed by atoms with E-state index in [1.54, 1.807) is 50.6 Å². The average Bonchev–Trinajstić information content (AvgIpc) is 2.61. The Bertz CT molecular complexity index is 679. The minimum Gasteiger partial charge on any atom is -0.497 e. The second-order valence-corrected chi connectivity index (χ2v) is 4.99. The molecule has 2 rings (SSSR count). The number of methoxy groups -OCH3 is 4. The van der Waals surface area contributed by atoms with Crippen molar-refractivity contribution in [2.24, 2.45) is 0 Å². The highest BCUT2D eigenvalue weighted by Crippen LogP contribution is 2.42. The molecule has 0 unspecified atom stereocenters. The van der Waals surface area contributed by atoms with Gasteiger partial charge < -0.3 is 18.9 Å². The minimum atomic E-state index is -0.707. The zero-order chi connectivity index (χ0) is 17.7. The normalized spacial score (nSPS) is 10.0. The van der Waals surface area contributed by atoms with E-state index in [4.69, 9.17) is 30.5 Å². The largest absolute Gasteiger partial charge is 0.497 e. The molecule has 0 aliphatic heterocycles. The minimum absolute atomic E-state index is 0.432. The molecular weight excluding hydrogens is 334 g/mol. The molecule has 0 aromatic heterocycles. The number of amides is 1. The van der Waals surface area contributed by atoms with Gasteiger partial charge in [0.2, 0.25) is 0 Å². The lowest BCUT2D eigenvalue weighted by atomic mass is 10.2. The Labute approximate surface area is 145 Å². The summed E-state index contributed by atoms with van der Waals surface area (Å²) in [5, 5.41) is -0.707. The molecule has 0 spiro atoms.